The van der Waals surface area contributed by atoms with Gasteiger partial charge in [0.05, 0.1) is 6.61 Å². The van der Waals surface area contributed by atoms with Crippen LogP contribution >= 0.6 is 0 Å². The van der Waals surface area contributed by atoms with E-state index in [9.17, 15) is 13.2 Å². The molecule has 32 heavy (non-hydrogen) atoms. The maximum atomic E-state index is 13.5. The summed E-state index contributed by atoms with van der Waals surface area (Å²) < 4.78 is 49.1. The Morgan fingerprint density at radius 2 is 2.06 bits per heavy atom. The zero-order valence-corrected chi connectivity index (χ0v) is 19.1. The first-order valence-electron chi connectivity index (χ1n) is 11.4. The third-order valence-corrected chi connectivity index (χ3v) is 6.66. The molecule has 1 aliphatic carbocycles. The Morgan fingerprint density at radius 3 is 2.72 bits per heavy atom. The fourth-order valence-electron chi connectivity index (χ4n) is 4.70. The molecule has 0 amide bonds. The molecule has 0 aromatic carbocycles. The molecule has 4 unspecified atom stereocenters. The lowest BCUT2D eigenvalue weighted by Gasteiger charge is -2.38. The van der Waals surface area contributed by atoms with Gasteiger partial charge >= 0.3 is 6.61 Å². The number of halogens is 3. The first kappa shape index (κ1) is 24.8. The van der Waals surface area contributed by atoms with Gasteiger partial charge < -0.3 is 19.3 Å². The number of ether oxygens (including phenoxy) is 2. The summed E-state index contributed by atoms with van der Waals surface area (Å²) in [6, 6.07) is 0. The standard InChI is InChI=1S/C25H35F3N2O2/c1-18(32-25(27)28)4-11-24-19(2)23(21-6-8-22(26)9-7-21)10-5-20(17-31-24)16-30-14-12-29(3)13-15-30/h6,8-9,11,20-21,23-25H,2,5,7,10,12-17H2,1,3H3. The summed E-state index contributed by atoms with van der Waals surface area (Å²) in [4.78, 5) is 4.83. The van der Waals surface area contributed by atoms with Crippen LogP contribution in [0.4, 0.5) is 13.2 Å². The summed E-state index contributed by atoms with van der Waals surface area (Å²) in [5.41, 5.74) is 3.67. The quantitative estimate of drug-likeness (QED) is 0.324. The molecule has 2 aliphatic heterocycles. The minimum Gasteiger partial charge on any atom is -0.431 e. The van der Waals surface area contributed by atoms with E-state index in [0.717, 1.165) is 51.1 Å². The molecule has 0 bridgehead atoms. The second kappa shape index (κ2) is 11.9. The van der Waals surface area contributed by atoms with Crippen LogP contribution in [0.3, 0.4) is 0 Å². The number of likely N-dealkylation sites (N-methyl/N-ethyl adjacent to an activating group) is 1. The van der Waals surface area contributed by atoms with Crippen LogP contribution in [0.25, 0.3) is 0 Å². The number of alkyl halides is 2. The van der Waals surface area contributed by atoms with Crippen LogP contribution in [0.5, 0.6) is 0 Å². The summed E-state index contributed by atoms with van der Waals surface area (Å²) in [6.45, 7) is 8.65. The van der Waals surface area contributed by atoms with E-state index >= 15 is 0 Å². The SMILES string of the molecule is C=C1C(C=C=C(C)OC(F)F)OCC(CN2CCN(C)CC2)CCC1C1C=CC(F)=CC1. The number of allylic oxidation sites excluding steroid dienone is 4. The Morgan fingerprint density at radius 1 is 1.31 bits per heavy atom. The molecule has 0 aromatic heterocycles. The zero-order chi connectivity index (χ0) is 23.1. The smallest absolute Gasteiger partial charge is 0.387 e. The van der Waals surface area contributed by atoms with Crippen LogP contribution in [-0.2, 0) is 9.47 Å². The van der Waals surface area contributed by atoms with Crippen molar-refractivity contribution in [2.24, 2.45) is 17.8 Å². The third-order valence-electron chi connectivity index (χ3n) is 6.66. The lowest BCUT2D eigenvalue weighted by Crippen LogP contribution is -2.47. The lowest BCUT2D eigenvalue weighted by molar-refractivity contribution is -0.0952. The second-order valence-corrected chi connectivity index (χ2v) is 9.08. The van der Waals surface area contributed by atoms with Crippen molar-refractivity contribution in [3.05, 3.63) is 53.8 Å². The fraction of sp³-hybridized carbons (Fsp3) is 0.640. The van der Waals surface area contributed by atoms with Gasteiger partial charge in [-0.25, -0.2) is 4.39 Å². The van der Waals surface area contributed by atoms with Gasteiger partial charge in [0.2, 0.25) is 0 Å². The lowest BCUT2D eigenvalue weighted by atomic mass is 9.76. The van der Waals surface area contributed by atoms with E-state index in [1.54, 1.807) is 12.2 Å². The molecule has 0 N–H and O–H groups in total. The molecular formula is C25H35F3N2O2. The highest BCUT2D eigenvalue weighted by atomic mass is 19.3. The van der Waals surface area contributed by atoms with Gasteiger partial charge in [-0.05, 0) is 67.9 Å². The molecule has 0 radical (unpaired) electrons. The highest BCUT2D eigenvalue weighted by Crippen LogP contribution is 2.37. The van der Waals surface area contributed by atoms with Crippen LogP contribution in [0, 0.1) is 17.8 Å². The summed E-state index contributed by atoms with van der Waals surface area (Å²) in [6.07, 6.45) is 8.81. The van der Waals surface area contributed by atoms with E-state index in [1.165, 1.54) is 13.0 Å². The molecule has 2 fully saturated rings. The van der Waals surface area contributed by atoms with Gasteiger partial charge in [0, 0.05) is 39.6 Å². The predicted octanol–water partition coefficient (Wildman–Crippen LogP) is 4.93. The number of piperazine rings is 1. The van der Waals surface area contributed by atoms with Gasteiger partial charge in [-0.1, -0.05) is 18.4 Å². The number of hydrogen-bond donors (Lipinski definition) is 0. The normalized spacial score (nSPS) is 30.3. The monoisotopic (exact) mass is 452 g/mol. The molecule has 7 heteroatoms. The van der Waals surface area contributed by atoms with Crippen LogP contribution < -0.4 is 0 Å². The van der Waals surface area contributed by atoms with Crippen molar-refractivity contribution in [3.63, 3.8) is 0 Å². The highest BCUT2D eigenvalue weighted by Gasteiger charge is 2.31. The second-order valence-electron chi connectivity index (χ2n) is 9.08. The first-order chi connectivity index (χ1) is 15.3. The maximum Gasteiger partial charge on any atom is 0.387 e. The number of hydrogen-bond acceptors (Lipinski definition) is 4. The Bertz CT molecular complexity index is 765. The molecular weight excluding hydrogens is 417 g/mol. The molecule has 0 saturated carbocycles. The topological polar surface area (TPSA) is 24.9 Å². The van der Waals surface area contributed by atoms with E-state index in [0.29, 0.717) is 18.9 Å². The average molecular weight is 453 g/mol. The highest BCUT2D eigenvalue weighted by molar-refractivity contribution is 5.24. The number of nitrogens with zero attached hydrogens (tertiary/aromatic N) is 2. The van der Waals surface area contributed by atoms with Gasteiger partial charge in [-0.3, -0.25) is 0 Å². The molecule has 4 atom stereocenters. The molecule has 2 saturated heterocycles. The Hall–Kier alpha value is -1.79. The predicted molar refractivity (Wildman–Crippen MR) is 120 cm³/mol. The minimum atomic E-state index is -2.88. The summed E-state index contributed by atoms with van der Waals surface area (Å²) >= 11 is 0. The van der Waals surface area contributed by atoms with Gasteiger partial charge in [-0.15, -0.1) is 0 Å². The van der Waals surface area contributed by atoms with Crippen molar-refractivity contribution in [2.75, 3.05) is 46.4 Å². The third kappa shape index (κ3) is 7.38. The van der Waals surface area contributed by atoms with Gasteiger partial charge in [0.1, 0.15) is 17.7 Å². The van der Waals surface area contributed by atoms with Crippen molar-refractivity contribution in [2.45, 2.75) is 38.9 Å². The van der Waals surface area contributed by atoms with E-state index in [2.05, 4.69) is 33.9 Å². The van der Waals surface area contributed by atoms with E-state index in [-0.39, 0.29) is 23.4 Å². The van der Waals surface area contributed by atoms with E-state index in [1.807, 2.05) is 6.08 Å². The summed E-state index contributed by atoms with van der Waals surface area (Å²) in [5.74, 6) is 0.427. The molecule has 3 aliphatic rings. The minimum absolute atomic E-state index is 0.00608. The summed E-state index contributed by atoms with van der Waals surface area (Å²) in [5, 5.41) is 0. The van der Waals surface area contributed by atoms with Crippen LogP contribution in [0.2, 0.25) is 0 Å². The number of rotatable bonds is 6. The van der Waals surface area contributed by atoms with Crippen LogP contribution in [0.1, 0.15) is 26.2 Å². The summed E-state index contributed by atoms with van der Waals surface area (Å²) in [7, 11) is 2.14. The van der Waals surface area contributed by atoms with E-state index in [4.69, 9.17) is 4.74 Å². The van der Waals surface area contributed by atoms with Gasteiger partial charge in [0.15, 0.2) is 0 Å². The van der Waals surface area contributed by atoms with E-state index < -0.39 is 12.7 Å². The Kier molecular flexibility index (Phi) is 9.23. The fourth-order valence-corrected chi connectivity index (χ4v) is 4.70. The van der Waals surface area contributed by atoms with Crippen LogP contribution in [0.15, 0.2) is 53.8 Å². The molecule has 0 spiro atoms. The van der Waals surface area contributed by atoms with Crippen LogP contribution in [-0.4, -0.2) is 68.9 Å². The largest absolute Gasteiger partial charge is 0.431 e. The molecule has 178 valence electrons. The molecule has 3 rings (SSSR count). The Balaban J connectivity index is 1.74. The maximum absolute atomic E-state index is 13.5. The Labute approximate surface area is 189 Å². The van der Waals surface area contributed by atoms with Gasteiger partial charge in [0.25, 0.3) is 0 Å². The molecule has 0 aromatic rings. The van der Waals surface area contributed by atoms with Crippen molar-refractivity contribution in [3.8, 4) is 0 Å². The zero-order valence-electron chi connectivity index (χ0n) is 19.1. The van der Waals surface area contributed by atoms with Crippen molar-refractivity contribution in [1.82, 2.24) is 9.80 Å². The first-order valence-corrected chi connectivity index (χ1v) is 11.4. The average Bonchev–Trinajstić information content (AvgIpc) is 2.74. The van der Waals surface area contributed by atoms with Crippen molar-refractivity contribution < 1.29 is 22.6 Å². The molecule has 4 nitrogen and oxygen atoms in total. The van der Waals surface area contributed by atoms with Gasteiger partial charge in [-0.2, -0.15) is 8.78 Å². The molecule has 2 heterocycles. The van der Waals surface area contributed by atoms with Crippen molar-refractivity contribution >= 4 is 0 Å². The van der Waals surface area contributed by atoms with Crippen molar-refractivity contribution in [1.29, 1.82) is 0 Å².